The Morgan fingerprint density at radius 2 is 2.00 bits per heavy atom. The normalized spacial score (nSPS) is 18.8. The number of pyridine rings is 1. The third-order valence-electron chi connectivity index (χ3n) is 5.31. The Bertz CT molecular complexity index is 923. The fourth-order valence-electron chi connectivity index (χ4n) is 3.66. The van der Waals surface area contributed by atoms with Gasteiger partial charge in [0.1, 0.15) is 18.4 Å². The number of methoxy groups -OCH3 is 1. The molecule has 3 amide bonds. The molecule has 2 fully saturated rings. The molecule has 0 spiro atoms. The second kappa shape index (κ2) is 8.91. The van der Waals surface area contributed by atoms with E-state index in [9.17, 15) is 9.59 Å². The van der Waals surface area contributed by atoms with Gasteiger partial charge in [-0.2, -0.15) is 0 Å². The summed E-state index contributed by atoms with van der Waals surface area (Å²) in [5, 5.41) is 0. The molecule has 1 atom stereocenters. The first kappa shape index (κ1) is 20.5. The van der Waals surface area contributed by atoms with E-state index in [2.05, 4.69) is 20.9 Å². The number of likely N-dealkylation sites (tertiary alicyclic amines) is 1. The Morgan fingerprint density at radius 1 is 1.20 bits per heavy atom. The Morgan fingerprint density at radius 3 is 2.73 bits per heavy atom. The first-order chi connectivity index (χ1) is 14.5. The monoisotopic (exact) mass is 474 g/mol. The summed E-state index contributed by atoms with van der Waals surface area (Å²) in [7, 11) is 1.60. The van der Waals surface area contributed by atoms with E-state index >= 15 is 0 Å². The van der Waals surface area contributed by atoms with Crippen LogP contribution in [0.2, 0.25) is 0 Å². The van der Waals surface area contributed by atoms with Crippen molar-refractivity contribution in [2.75, 3.05) is 44.7 Å². The molecular formula is C21H23BrN4O4. The van der Waals surface area contributed by atoms with Gasteiger partial charge in [-0.3, -0.25) is 9.69 Å². The van der Waals surface area contributed by atoms with Crippen LogP contribution in [0, 0.1) is 0 Å². The number of nitrogens with zero attached hydrogens (tertiary/aromatic N) is 4. The number of carbonyl (C=O) groups is 2. The molecule has 3 heterocycles. The summed E-state index contributed by atoms with van der Waals surface area (Å²) in [5.74, 6) is 1.20. The minimum Gasteiger partial charge on any atom is -0.497 e. The lowest BCUT2D eigenvalue weighted by molar-refractivity contribution is -0.130. The van der Waals surface area contributed by atoms with E-state index in [-0.39, 0.29) is 24.6 Å². The number of rotatable bonds is 6. The molecule has 2 aliphatic heterocycles. The maximum absolute atomic E-state index is 12.8. The summed E-state index contributed by atoms with van der Waals surface area (Å²) in [6, 6.07) is 10.9. The number of hydrogen-bond acceptors (Lipinski definition) is 5. The standard InChI is InChI=1S/C21H23BrN4O4/c1-29-16-6-4-15(5-7-16)26-12-11-25(21(26)28)14-19(27)24-10-8-17(13-24)30-20-18(22)3-2-9-23-20/h2-7,9,17H,8,10-14H2,1H3. The average Bonchev–Trinajstić information content (AvgIpc) is 3.37. The molecule has 1 unspecified atom stereocenters. The van der Waals surface area contributed by atoms with Crippen LogP contribution in [0.4, 0.5) is 10.5 Å². The third-order valence-corrected chi connectivity index (χ3v) is 5.91. The Labute approximate surface area is 183 Å². The molecule has 0 aliphatic carbocycles. The number of urea groups is 1. The summed E-state index contributed by atoms with van der Waals surface area (Å²) in [6.45, 7) is 2.25. The van der Waals surface area contributed by atoms with Crippen LogP contribution in [0.5, 0.6) is 11.6 Å². The molecule has 30 heavy (non-hydrogen) atoms. The zero-order valence-corrected chi connectivity index (χ0v) is 18.2. The van der Waals surface area contributed by atoms with Crippen molar-refractivity contribution in [2.45, 2.75) is 12.5 Å². The molecule has 2 aliphatic rings. The topological polar surface area (TPSA) is 75.2 Å². The molecule has 1 aromatic carbocycles. The lowest BCUT2D eigenvalue weighted by Crippen LogP contribution is -2.42. The lowest BCUT2D eigenvalue weighted by atomic mass is 10.3. The Hall–Kier alpha value is -2.81. The highest BCUT2D eigenvalue weighted by Crippen LogP contribution is 2.26. The van der Waals surface area contributed by atoms with Crippen molar-refractivity contribution in [3.63, 3.8) is 0 Å². The molecule has 2 saturated heterocycles. The van der Waals surface area contributed by atoms with Crippen LogP contribution >= 0.6 is 15.9 Å². The van der Waals surface area contributed by atoms with E-state index in [4.69, 9.17) is 9.47 Å². The summed E-state index contributed by atoms with van der Waals surface area (Å²) < 4.78 is 11.9. The number of anilines is 1. The lowest BCUT2D eigenvalue weighted by Gasteiger charge is -2.22. The van der Waals surface area contributed by atoms with Crippen LogP contribution < -0.4 is 14.4 Å². The van der Waals surface area contributed by atoms with Crippen molar-refractivity contribution in [3.05, 3.63) is 47.1 Å². The van der Waals surface area contributed by atoms with Gasteiger partial charge < -0.3 is 19.3 Å². The molecule has 0 radical (unpaired) electrons. The van der Waals surface area contributed by atoms with Crippen LogP contribution in [0.3, 0.4) is 0 Å². The quantitative estimate of drug-likeness (QED) is 0.643. The molecule has 2 aromatic rings. The summed E-state index contributed by atoms with van der Waals surface area (Å²) >= 11 is 3.42. The summed E-state index contributed by atoms with van der Waals surface area (Å²) in [4.78, 5) is 34.8. The second-order valence-corrected chi connectivity index (χ2v) is 8.07. The molecule has 9 heteroatoms. The van der Waals surface area contributed by atoms with Crippen LogP contribution in [-0.2, 0) is 4.79 Å². The second-order valence-electron chi connectivity index (χ2n) is 7.21. The van der Waals surface area contributed by atoms with Gasteiger partial charge >= 0.3 is 6.03 Å². The number of halogens is 1. The third kappa shape index (κ3) is 4.35. The van der Waals surface area contributed by atoms with Gasteiger partial charge in [0.2, 0.25) is 11.8 Å². The van der Waals surface area contributed by atoms with E-state index in [0.29, 0.717) is 32.1 Å². The van der Waals surface area contributed by atoms with Gasteiger partial charge in [0.15, 0.2) is 0 Å². The first-order valence-corrected chi connectivity index (χ1v) is 10.6. The maximum Gasteiger partial charge on any atom is 0.325 e. The number of hydrogen-bond donors (Lipinski definition) is 0. The van der Waals surface area contributed by atoms with Crippen molar-refractivity contribution in [3.8, 4) is 11.6 Å². The average molecular weight is 475 g/mol. The molecular weight excluding hydrogens is 452 g/mol. The van der Waals surface area contributed by atoms with Gasteiger partial charge in [0.05, 0.1) is 18.1 Å². The van der Waals surface area contributed by atoms with Crippen molar-refractivity contribution < 1.29 is 19.1 Å². The molecule has 158 valence electrons. The minimum atomic E-state index is -0.155. The predicted octanol–water partition coefficient (Wildman–Crippen LogP) is 2.77. The highest BCUT2D eigenvalue weighted by molar-refractivity contribution is 9.10. The van der Waals surface area contributed by atoms with Gasteiger partial charge in [0, 0.05) is 37.9 Å². The molecule has 4 rings (SSSR count). The van der Waals surface area contributed by atoms with E-state index < -0.39 is 0 Å². The molecule has 0 bridgehead atoms. The largest absolute Gasteiger partial charge is 0.497 e. The van der Waals surface area contributed by atoms with E-state index in [1.54, 1.807) is 28.0 Å². The van der Waals surface area contributed by atoms with Gasteiger partial charge in [-0.15, -0.1) is 0 Å². The molecule has 0 N–H and O–H groups in total. The van der Waals surface area contributed by atoms with Gasteiger partial charge in [-0.05, 0) is 52.3 Å². The van der Waals surface area contributed by atoms with Crippen LogP contribution in [0.1, 0.15) is 6.42 Å². The zero-order valence-electron chi connectivity index (χ0n) is 16.7. The number of carbonyl (C=O) groups excluding carboxylic acids is 2. The number of ether oxygens (including phenoxy) is 2. The Kier molecular flexibility index (Phi) is 6.08. The molecule has 0 saturated carbocycles. The van der Waals surface area contributed by atoms with E-state index in [1.165, 1.54) is 0 Å². The van der Waals surface area contributed by atoms with Crippen molar-refractivity contribution in [1.82, 2.24) is 14.8 Å². The fraction of sp³-hybridized carbons (Fsp3) is 0.381. The van der Waals surface area contributed by atoms with Gasteiger partial charge in [-0.1, -0.05) is 0 Å². The van der Waals surface area contributed by atoms with Crippen molar-refractivity contribution in [1.29, 1.82) is 0 Å². The molecule has 1 aromatic heterocycles. The minimum absolute atomic E-state index is 0.0638. The van der Waals surface area contributed by atoms with Crippen LogP contribution in [0.25, 0.3) is 0 Å². The van der Waals surface area contributed by atoms with Crippen molar-refractivity contribution in [2.24, 2.45) is 0 Å². The van der Waals surface area contributed by atoms with Crippen LogP contribution in [0.15, 0.2) is 47.1 Å². The van der Waals surface area contributed by atoms with Gasteiger partial charge in [-0.25, -0.2) is 9.78 Å². The molecule has 8 nitrogen and oxygen atoms in total. The van der Waals surface area contributed by atoms with Crippen LogP contribution in [-0.4, -0.2) is 72.7 Å². The highest BCUT2D eigenvalue weighted by atomic mass is 79.9. The van der Waals surface area contributed by atoms with E-state index in [0.717, 1.165) is 22.3 Å². The predicted molar refractivity (Wildman–Crippen MR) is 115 cm³/mol. The zero-order chi connectivity index (χ0) is 21.1. The number of aromatic nitrogens is 1. The SMILES string of the molecule is COc1ccc(N2CCN(CC(=O)N3CCC(Oc4ncccc4Br)C3)C2=O)cc1. The smallest absolute Gasteiger partial charge is 0.325 e. The van der Waals surface area contributed by atoms with Gasteiger partial charge in [0.25, 0.3) is 0 Å². The number of amides is 3. The van der Waals surface area contributed by atoms with E-state index in [1.807, 2.05) is 36.4 Å². The Balaban J connectivity index is 1.31. The first-order valence-electron chi connectivity index (χ1n) is 9.80. The van der Waals surface area contributed by atoms with Crippen molar-refractivity contribution >= 4 is 33.6 Å². The summed E-state index contributed by atoms with van der Waals surface area (Å²) in [5.41, 5.74) is 0.798. The highest BCUT2D eigenvalue weighted by Gasteiger charge is 2.34. The summed E-state index contributed by atoms with van der Waals surface area (Å²) in [6.07, 6.45) is 2.30. The fourth-order valence-corrected chi connectivity index (χ4v) is 4.01. The maximum atomic E-state index is 12.8. The number of benzene rings is 1.